The van der Waals surface area contributed by atoms with Crippen molar-refractivity contribution >= 4 is 40.7 Å². The molecule has 1 N–H and O–H groups in total. The summed E-state index contributed by atoms with van der Waals surface area (Å²) in [5.74, 6) is -1.08. The highest BCUT2D eigenvalue weighted by molar-refractivity contribution is 6.53. The zero-order valence-corrected chi connectivity index (χ0v) is 19.0. The predicted octanol–water partition coefficient (Wildman–Crippen LogP) is 4.84. The number of hydrogen-bond donors (Lipinski definition) is 1. The number of carbonyl (C=O) groups excluding carboxylic acids is 3. The van der Waals surface area contributed by atoms with Crippen molar-refractivity contribution in [3.05, 3.63) is 70.4 Å². The third-order valence-corrected chi connectivity index (χ3v) is 6.58. The number of imide groups is 1. The van der Waals surface area contributed by atoms with E-state index in [1.165, 1.54) is 6.42 Å². The van der Waals surface area contributed by atoms with Gasteiger partial charge in [-0.2, -0.15) is 0 Å². The standard InChI is InChI=1S/C25H26ClN3O3/c1-16-8-6-7-11-20(16)29-24(31)21(26)22(25(29)32)27-18-14-12-17(13-15-18)23(30)28(2)19-9-4-3-5-10-19/h6-8,11-15,19,27H,3-5,9-10H2,1-2H3. The van der Waals surface area contributed by atoms with E-state index in [1.54, 1.807) is 36.4 Å². The van der Waals surface area contributed by atoms with E-state index in [2.05, 4.69) is 5.32 Å². The van der Waals surface area contributed by atoms with Gasteiger partial charge in [-0.05, 0) is 55.7 Å². The summed E-state index contributed by atoms with van der Waals surface area (Å²) >= 11 is 6.22. The zero-order chi connectivity index (χ0) is 22.8. The maximum absolute atomic E-state index is 13.0. The van der Waals surface area contributed by atoms with Gasteiger partial charge >= 0.3 is 0 Å². The smallest absolute Gasteiger partial charge is 0.283 e. The van der Waals surface area contributed by atoms with E-state index in [0.717, 1.165) is 36.1 Å². The SMILES string of the molecule is Cc1ccccc1N1C(=O)C(Cl)=C(Nc2ccc(C(=O)N(C)C3CCCCC3)cc2)C1=O. The van der Waals surface area contributed by atoms with Crippen LogP contribution in [-0.2, 0) is 9.59 Å². The van der Waals surface area contributed by atoms with E-state index in [-0.39, 0.29) is 22.7 Å². The molecule has 0 radical (unpaired) electrons. The summed E-state index contributed by atoms with van der Waals surface area (Å²) in [5.41, 5.74) is 2.48. The third-order valence-electron chi connectivity index (χ3n) is 6.23. The van der Waals surface area contributed by atoms with Gasteiger partial charge in [-0.15, -0.1) is 0 Å². The fourth-order valence-corrected chi connectivity index (χ4v) is 4.54. The van der Waals surface area contributed by atoms with Crippen molar-refractivity contribution < 1.29 is 14.4 Å². The average molecular weight is 452 g/mol. The lowest BCUT2D eigenvalue weighted by Crippen LogP contribution is -2.38. The second kappa shape index (κ2) is 9.17. The van der Waals surface area contributed by atoms with E-state index >= 15 is 0 Å². The molecule has 0 atom stereocenters. The highest BCUT2D eigenvalue weighted by Gasteiger charge is 2.39. The number of nitrogens with zero attached hydrogens (tertiary/aromatic N) is 2. The first-order valence-electron chi connectivity index (χ1n) is 10.9. The topological polar surface area (TPSA) is 69.7 Å². The summed E-state index contributed by atoms with van der Waals surface area (Å²) in [7, 11) is 1.86. The Morgan fingerprint density at radius 1 is 1.00 bits per heavy atom. The fraction of sp³-hybridized carbons (Fsp3) is 0.320. The second-order valence-electron chi connectivity index (χ2n) is 8.33. The van der Waals surface area contributed by atoms with Gasteiger partial charge in [-0.25, -0.2) is 4.90 Å². The molecule has 1 aliphatic heterocycles. The van der Waals surface area contributed by atoms with Gasteiger partial charge in [-0.1, -0.05) is 49.1 Å². The van der Waals surface area contributed by atoms with Crippen molar-refractivity contribution in [3.8, 4) is 0 Å². The van der Waals surface area contributed by atoms with Crippen molar-refractivity contribution in [3.63, 3.8) is 0 Å². The number of rotatable bonds is 5. The molecule has 4 rings (SSSR count). The Balaban J connectivity index is 1.48. The molecule has 0 spiro atoms. The average Bonchev–Trinajstić information content (AvgIpc) is 3.02. The number of benzene rings is 2. The summed E-state index contributed by atoms with van der Waals surface area (Å²) in [6.07, 6.45) is 5.64. The molecule has 0 saturated heterocycles. The Morgan fingerprint density at radius 3 is 2.31 bits per heavy atom. The van der Waals surface area contributed by atoms with Crippen LogP contribution in [0.2, 0.25) is 0 Å². The van der Waals surface area contributed by atoms with Gasteiger partial charge in [0.2, 0.25) is 0 Å². The van der Waals surface area contributed by atoms with Crippen molar-refractivity contribution in [1.29, 1.82) is 0 Å². The molecule has 2 aliphatic rings. The van der Waals surface area contributed by atoms with Crippen LogP contribution in [0.25, 0.3) is 0 Å². The Labute approximate surface area is 192 Å². The van der Waals surface area contributed by atoms with Crippen molar-refractivity contribution in [2.75, 3.05) is 17.3 Å². The molecule has 2 aromatic carbocycles. The molecular weight excluding hydrogens is 426 g/mol. The Bertz CT molecular complexity index is 1090. The maximum Gasteiger partial charge on any atom is 0.283 e. The van der Waals surface area contributed by atoms with Crippen LogP contribution in [0.3, 0.4) is 0 Å². The van der Waals surface area contributed by atoms with Crippen molar-refractivity contribution in [1.82, 2.24) is 4.90 Å². The van der Waals surface area contributed by atoms with Crippen LogP contribution in [0.15, 0.2) is 59.3 Å². The maximum atomic E-state index is 13.0. The molecule has 1 aliphatic carbocycles. The quantitative estimate of drug-likeness (QED) is 0.660. The summed E-state index contributed by atoms with van der Waals surface area (Å²) in [6.45, 7) is 1.83. The van der Waals surface area contributed by atoms with Gasteiger partial charge in [0.25, 0.3) is 17.7 Å². The van der Waals surface area contributed by atoms with Crippen LogP contribution >= 0.6 is 11.6 Å². The first-order chi connectivity index (χ1) is 15.4. The molecular formula is C25H26ClN3O3. The minimum atomic E-state index is -0.561. The molecule has 166 valence electrons. The van der Waals surface area contributed by atoms with Gasteiger partial charge in [0.05, 0.1) is 5.69 Å². The third kappa shape index (κ3) is 4.15. The summed E-state index contributed by atoms with van der Waals surface area (Å²) in [5, 5.41) is 2.80. The first-order valence-corrected chi connectivity index (χ1v) is 11.2. The molecule has 0 bridgehead atoms. The number of halogens is 1. The van der Waals surface area contributed by atoms with Crippen LogP contribution in [0.5, 0.6) is 0 Å². The van der Waals surface area contributed by atoms with Crippen LogP contribution < -0.4 is 10.2 Å². The summed E-state index contributed by atoms with van der Waals surface area (Å²) in [4.78, 5) is 41.4. The molecule has 2 aromatic rings. The molecule has 0 aromatic heterocycles. The zero-order valence-electron chi connectivity index (χ0n) is 18.2. The van der Waals surface area contributed by atoms with Crippen LogP contribution in [0.4, 0.5) is 11.4 Å². The fourth-order valence-electron chi connectivity index (χ4n) is 4.32. The normalized spacial score (nSPS) is 17.2. The Kier molecular flexibility index (Phi) is 6.33. The number of aryl methyl sites for hydroxylation is 1. The number of nitrogens with one attached hydrogen (secondary N) is 1. The van der Waals surface area contributed by atoms with Gasteiger partial charge in [0.15, 0.2) is 0 Å². The Hall–Kier alpha value is -3.12. The summed E-state index contributed by atoms with van der Waals surface area (Å²) in [6, 6.07) is 14.3. The lowest BCUT2D eigenvalue weighted by atomic mass is 9.94. The van der Waals surface area contributed by atoms with Crippen LogP contribution in [0, 0.1) is 6.92 Å². The largest absolute Gasteiger partial charge is 0.350 e. The monoisotopic (exact) mass is 451 g/mol. The predicted molar refractivity (Wildman–Crippen MR) is 126 cm³/mol. The molecule has 7 heteroatoms. The summed E-state index contributed by atoms with van der Waals surface area (Å²) < 4.78 is 0. The van der Waals surface area contributed by atoms with E-state index in [9.17, 15) is 14.4 Å². The van der Waals surface area contributed by atoms with E-state index in [0.29, 0.717) is 16.9 Å². The molecule has 1 heterocycles. The second-order valence-corrected chi connectivity index (χ2v) is 8.71. The van der Waals surface area contributed by atoms with E-state index in [4.69, 9.17) is 11.6 Å². The van der Waals surface area contributed by atoms with E-state index in [1.807, 2.05) is 31.0 Å². The minimum Gasteiger partial charge on any atom is -0.350 e. The molecule has 1 fully saturated rings. The number of carbonyl (C=O) groups is 3. The lowest BCUT2D eigenvalue weighted by Gasteiger charge is -2.31. The first kappa shape index (κ1) is 22.1. The molecule has 0 unspecified atom stereocenters. The van der Waals surface area contributed by atoms with Crippen molar-refractivity contribution in [2.45, 2.75) is 45.1 Å². The highest BCUT2D eigenvalue weighted by Crippen LogP contribution is 2.32. The number of hydrogen-bond acceptors (Lipinski definition) is 4. The van der Waals surface area contributed by atoms with Gasteiger partial charge in [-0.3, -0.25) is 14.4 Å². The molecule has 3 amide bonds. The van der Waals surface area contributed by atoms with Crippen molar-refractivity contribution in [2.24, 2.45) is 0 Å². The molecule has 32 heavy (non-hydrogen) atoms. The van der Waals surface area contributed by atoms with E-state index < -0.39 is 11.8 Å². The number of para-hydroxylation sites is 1. The van der Waals surface area contributed by atoms with Crippen LogP contribution in [-0.4, -0.2) is 35.7 Å². The van der Waals surface area contributed by atoms with Gasteiger partial charge in [0.1, 0.15) is 10.7 Å². The number of amides is 3. The van der Waals surface area contributed by atoms with Gasteiger partial charge < -0.3 is 10.2 Å². The minimum absolute atomic E-state index is 0.0152. The lowest BCUT2D eigenvalue weighted by molar-refractivity contribution is -0.120. The van der Waals surface area contributed by atoms with Gasteiger partial charge in [0, 0.05) is 24.3 Å². The van der Waals surface area contributed by atoms with Crippen LogP contribution in [0.1, 0.15) is 48.0 Å². The highest BCUT2D eigenvalue weighted by atomic mass is 35.5. The molecule has 6 nitrogen and oxygen atoms in total. The number of anilines is 2. The molecule has 1 saturated carbocycles. The Morgan fingerprint density at radius 2 is 1.66 bits per heavy atom.